The highest BCUT2D eigenvalue weighted by Crippen LogP contribution is 2.28. The van der Waals surface area contributed by atoms with Gasteiger partial charge in [-0.15, -0.1) is 0 Å². The SMILES string of the molecule is Cc1noc2nc(-c3ccco3)cc(C(=O)OCC3CC=CCC3)c12. The predicted octanol–water partition coefficient (Wildman–Crippen LogP) is 4.30. The standard InChI is InChI=1S/C19H18N2O4/c1-12-17-14(19(22)24-11-13-6-3-2-4-7-13)10-15(16-8-5-9-23-16)20-18(17)25-21-12/h2-3,5,8-10,13H,4,6-7,11H2,1H3. The summed E-state index contributed by atoms with van der Waals surface area (Å²) in [6.07, 6.45) is 8.89. The Morgan fingerprint density at radius 2 is 2.32 bits per heavy atom. The Labute approximate surface area is 144 Å². The monoisotopic (exact) mass is 338 g/mol. The molecule has 6 nitrogen and oxygen atoms in total. The van der Waals surface area contributed by atoms with Gasteiger partial charge >= 0.3 is 5.97 Å². The fourth-order valence-corrected chi connectivity index (χ4v) is 3.09. The van der Waals surface area contributed by atoms with Crippen LogP contribution in [0.3, 0.4) is 0 Å². The van der Waals surface area contributed by atoms with E-state index >= 15 is 0 Å². The van der Waals surface area contributed by atoms with E-state index < -0.39 is 0 Å². The molecule has 1 aliphatic rings. The van der Waals surface area contributed by atoms with Crippen molar-refractivity contribution in [3.63, 3.8) is 0 Å². The molecule has 1 atom stereocenters. The largest absolute Gasteiger partial charge is 0.463 e. The molecule has 0 aromatic carbocycles. The lowest BCUT2D eigenvalue weighted by Crippen LogP contribution is -2.15. The number of hydrogen-bond acceptors (Lipinski definition) is 6. The summed E-state index contributed by atoms with van der Waals surface area (Å²) in [6.45, 7) is 2.19. The Kier molecular flexibility index (Phi) is 4.09. The number of esters is 1. The van der Waals surface area contributed by atoms with Crippen LogP contribution in [0.25, 0.3) is 22.6 Å². The van der Waals surface area contributed by atoms with E-state index in [-0.39, 0.29) is 5.97 Å². The number of fused-ring (bicyclic) bond motifs is 1. The zero-order valence-electron chi connectivity index (χ0n) is 13.9. The van der Waals surface area contributed by atoms with Gasteiger partial charge in [-0.25, -0.2) is 9.78 Å². The van der Waals surface area contributed by atoms with Crippen LogP contribution in [0, 0.1) is 12.8 Å². The lowest BCUT2D eigenvalue weighted by molar-refractivity contribution is 0.0434. The molecule has 0 aliphatic heterocycles. The van der Waals surface area contributed by atoms with Crippen LogP contribution in [0.5, 0.6) is 0 Å². The van der Waals surface area contributed by atoms with Gasteiger partial charge in [0.2, 0.25) is 0 Å². The van der Waals surface area contributed by atoms with Gasteiger partial charge in [-0.1, -0.05) is 17.3 Å². The number of pyridine rings is 1. The van der Waals surface area contributed by atoms with Crippen molar-refractivity contribution in [3.8, 4) is 11.5 Å². The number of hydrogen-bond donors (Lipinski definition) is 0. The summed E-state index contributed by atoms with van der Waals surface area (Å²) in [5, 5.41) is 4.51. The second kappa shape index (κ2) is 6.55. The minimum atomic E-state index is -0.388. The highest BCUT2D eigenvalue weighted by molar-refractivity contribution is 6.04. The van der Waals surface area contributed by atoms with Crippen LogP contribution < -0.4 is 0 Å². The summed E-state index contributed by atoms with van der Waals surface area (Å²) < 4.78 is 16.2. The van der Waals surface area contributed by atoms with E-state index in [1.807, 2.05) is 0 Å². The maximum atomic E-state index is 12.7. The Hall–Kier alpha value is -2.89. The summed E-state index contributed by atoms with van der Waals surface area (Å²) in [5.74, 6) is 0.544. The number of nitrogens with zero attached hydrogens (tertiary/aromatic N) is 2. The number of carbonyl (C=O) groups is 1. The number of furan rings is 1. The fraction of sp³-hybridized carbons (Fsp3) is 0.316. The molecule has 0 N–H and O–H groups in total. The van der Waals surface area contributed by atoms with E-state index in [1.54, 1.807) is 31.4 Å². The van der Waals surface area contributed by atoms with Gasteiger partial charge in [-0.05, 0) is 50.3 Å². The van der Waals surface area contributed by atoms with Crippen molar-refractivity contribution in [3.05, 3.63) is 47.9 Å². The van der Waals surface area contributed by atoms with Crippen LogP contribution in [0.15, 0.2) is 45.6 Å². The molecular weight excluding hydrogens is 320 g/mol. The van der Waals surface area contributed by atoms with Crippen LogP contribution in [0.2, 0.25) is 0 Å². The van der Waals surface area contributed by atoms with Crippen LogP contribution in [0.4, 0.5) is 0 Å². The van der Waals surface area contributed by atoms with E-state index in [0.717, 1.165) is 19.3 Å². The molecule has 0 spiro atoms. The predicted molar refractivity (Wildman–Crippen MR) is 91.0 cm³/mol. The molecule has 1 aliphatic carbocycles. The number of aryl methyl sites for hydroxylation is 1. The van der Waals surface area contributed by atoms with E-state index in [4.69, 9.17) is 13.7 Å². The molecular formula is C19H18N2O4. The zero-order valence-corrected chi connectivity index (χ0v) is 13.9. The highest BCUT2D eigenvalue weighted by Gasteiger charge is 2.22. The van der Waals surface area contributed by atoms with E-state index in [2.05, 4.69) is 22.3 Å². The van der Waals surface area contributed by atoms with Gasteiger partial charge in [0.15, 0.2) is 5.76 Å². The fourth-order valence-electron chi connectivity index (χ4n) is 3.09. The minimum absolute atomic E-state index is 0.305. The first-order valence-electron chi connectivity index (χ1n) is 8.35. The van der Waals surface area contributed by atoms with Crippen LogP contribution >= 0.6 is 0 Å². The van der Waals surface area contributed by atoms with Gasteiger partial charge in [0.25, 0.3) is 5.71 Å². The molecule has 128 valence electrons. The topological polar surface area (TPSA) is 78.4 Å². The molecule has 4 rings (SSSR count). The molecule has 0 radical (unpaired) electrons. The van der Waals surface area contributed by atoms with Gasteiger partial charge in [0.05, 0.1) is 29.5 Å². The third-order valence-corrected chi connectivity index (χ3v) is 4.44. The van der Waals surface area contributed by atoms with E-state index in [9.17, 15) is 4.79 Å². The van der Waals surface area contributed by atoms with E-state index in [0.29, 0.717) is 46.3 Å². The van der Waals surface area contributed by atoms with Gasteiger partial charge in [-0.2, -0.15) is 0 Å². The normalized spacial score (nSPS) is 17.1. The molecule has 6 heteroatoms. The number of allylic oxidation sites excluding steroid dienone is 2. The third-order valence-electron chi connectivity index (χ3n) is 4.44. The van der Waals surface area contributed by atoms with Gasteiger partial charge < -0.3 is 13.7 Å². The summed E-state index contributed by atoms with van der Waals surface area (Å²) in [5.41, 5.74) is 1.84. The smallest absolute Gasteiger partial charge is 0.339 e. The highest BCUT2D eigenvalue weighted by atomic mass is 16.5. The Morgan fingerprint density at radius 3 is 3.08 bits per heavy atom. The van der Waals surface area contributed by atoms with Crippen molar-refractivity contribution in [1.82, 2.24) is 10.1 Å². The third kappa shape index (κ3) is 3.07. The van der Waals surface area contributed by atoms with Crippen molar-refractivity contribution < 1.29 is 18.5 Å². The lowest BCUT2D eigenvalue weighted by atomic mass is 9.95. The first kappa shape index (κ1) is 15.6. The number of aromatic nitrogens is 2. The average molecular weight is 338 g/mol. The van der Waals surface area contributed by atoms with Crippen LogP contribution in [-0.2, 0) is 4.74 Å². The maximum Gasteiger partial charge on any atom is 0.339 e. The molecule has 25 heavy (non-hydrogen) atoms. The molecule has 3 aromatic heterocycles. The average Bonchev–Trinajstić information content (AvgIpc) is 3.30. The van der Waals surface area contributed by atoms with Gasteiger partial charge in [-0.3, -0.25) is 0 Å². The second-order valence-electron chi connectivity index (χ2n) is 6.23. The summed E-state index contributed by atoms with van der Waals surface area (Å²) >= 11 is 0. The Morgan fingerprint density at radius 1 is 1.40 bits per heavy atom. The minimum Gasteiger partial charge on any atom is -0.463 e. The van der Waals surface area contributed by atoms with Crippen molar-refractivity contribution >= 4 is 17.1 Å². The molecule has 0 saturated heterocycles. The number of carbonyl (C=O) groups excluding carboxylic acids is 1. The van der Waals surface area contributed by atoms with Crippen molar-refractivity contribution in [1.29, 1.82) is 0 Å². The number of rotatable bonds is 4. The van der Waals surface area contributed by atoms with Crippen molar-refractivity contribution in [2.24, 2.45) is 5.92 Å². The Balaban J connectivity index is 1.65. The van der Waals surface area contributed by atoms with Crippen molar-refractivity contribution in [2.45, 2.75) is 26.2 Å². The zero-order chi connectivity index (χ0) is 17.2. The number of ether oxygens (including phenoxy) is 1. The molecule has 0 amide bonds. The Bertz CT molecular complexity index is 924. The van der Waals surface area contributed by atoms with E-state index in [1.165, 1.54) is 0 Å². The van der Waals surface area contributed by atoms with Crippen LogP contribution in [0.1, 0.15) is 35.3 Å². The lowest BCUT2D eigenvalue weighted by Gasteiger charge is -2.17. The van der Waals surface area contributed by atoms with Crippen molar-refractivity contribution in [2.75, 3.05) is 6.61 Å². The van der Waals surface area contributed by atoms with Gasteiger partial charge in [0, 0.05) is 0 Å². The molecule has 1 unspecified atom stereocenters. The first-order valence-corrected chi connectivity index (χ1v) is 8.35. The van der Waals surface area contributed by atoms with Gasteiger partial charge in [0.1, 0.15) is 5.69 Å². The molecule has 0 fully saturated rings. The molecule has 3 heterocycles. The quantitative estimate of drug-likeness (QED) is 0.521. The molecule has 0 bridgehead atoms. The summed E-state index contributed by atoms with van der Waals surface area (Å²) in [6, 6.07) is 5.22. The summed E-state index contributed by atoms with van der Waals surface area (Å²) in [7, 11) is 0. The summed E-state index contributed by atoms with van der Waals surface area (Å²) in [4.78, 5) is 17.1. The van der Waals surface area contributed by atoms with Crippen LogP contribution in [-0.4, -0.2) is 22.7 Å². The second-order valence-corrected chi connectivity index (χ2v) is 6.23. The first-order chi connectivity index (χ1) is 12.2. The maximum absolute atomic E-state index is 12.7. The molecule has 0 saturated carbocycles. The molecule has 3 aromatic rings.